The molecule has 0 atom stereocenters. The average Bonchev–Trinajstić information content (AvgIpc) is 2.25. The van der Waals surface area contributed by atoms with Crippen molar-refractivity contribution in [2.24, 2.45) is 4.99 Å². The maximum Gasteiger partial charge on any atom is 0.0299 e. The molecule has 0 saturated carbocycles. The molecule has 0 spiro atoms. The van der Waals surface area contributed by atoms with Crippen LogP contribution in [-0.4, -0.2) is 11.2 Å². The number of hydrogen-bond acceptors (Lipinski definition) is 2. The highest BCUT2D eigenvalue weighted by molar-refractivity contribution is 5.58. The number of allylic oxidation sites excluding steroid dienone is 1. The van der Waals surface area contributed by atoms with Crippen LogP contribution in [0.15, 0.2) is 41.8 Å². The van der Waals surface area contributed by atoms with Crippen LogP contribution in [0.1, 0.15) is 25.3 Å². The summed E-state index contributed by atoms with van der Waals surface area (Å²) in [5, 5.41) is 0. The van der Waals surface area contributed by atoms with E-state index in [2.05, 4.69) is 23.0 Å². The Morgan fingerprint density at radius 1 is 1.50 bits per heavy atom. The first-order chi connectivity index (χ1) is 6.93. The van der Waals surface area contributed by atoms with E-state index in [1.807, 2.05) is 30.8 Å². The van der Waals surface area contributed by atoms with Gasteiger partial charge in [-0.15, -0.1) is 0 Å². The summed E-state index contributed by atoms with van der Waals surface area (Å²) >= 11 is 0. The predicted molar refractivity (Wildman–Crippen MR) is 60.5 cm³/mol. The molecule has 0 fully saturated rings. The summed E-state index contributed by atoms with van der Waals surface area (Å²) in [6.07, 6.45) is 12.6. The van der Waals surface area contributed by atoms with E-state index in [-0.39, 0.29) is 0 Å². The highest BCUT2D eigenvalue weighted by atomic mass is 14.7. The van der Waals surface area contributed by atoms with E-state index in [4.69, 9.17) is 0 Å². The molecule has 0 N–H and O–H groups in total. The van der Waals surface area contributed by atoms with Crippen molar-refractivity contribution < 1.29 is 0 Å². The lowest BCUT2D eigenvalue weighted by atomic mass is 10.2. The molecule has 74 valence electrons. The van der Waals surface area contributed by atoms with Crippen molar-refractivity contribution in [3.05, 3.63) is 42.4 Å². The van der Waals surface area contributed by atoms with Gasteiger partial charge in [-0.2, -0.15) is 0 Å². The molecular weight excluding hydrogens is 172 g/mol. The Hall–Kier alpha value is -1.44. The van der Waals surface area contributed by atoms with Crippen LogP contribution in [0.2, 0.25) is 0 Å². The zero-order valence-electron chi connectivity index (χ0n) is 8.56. The Balaban J connectivity index is 2.22. The maximum atomic E-state index is 4.15. The Kier molecular flexibility index (Phi) is 5.33. The average molecular weight is 188 g/mol. The Bertz CT molecular complexity index is 288. The number of aliphatic imine (C=N–C) groups is 1. The van der Waals surface area contributed by atoms with Gasteiger partial charge >= 0.3 is 0 Å². The monoisotopic (exact) mass is 188 g/mol. The van der Waals surface area contributed by atoms with Gasteiger partial charge in [0.25, 0.3) is 0 Å². The summed E-state index contributed by atoms with van der Waals surface area (Å²) in [6.45, 7) is 2.10. The van der Waals surface area contributed by atoms with E-state index in [9.17, 15) is 0 Å². The fourth-order valence-corrected chi connectivity index (χ4v) is 1.08. The maximum absolute atomic E-state index is 4.15. The van der Waals surface area contributed by atoms with E-state index in [0.29, 0.717) is 0 Å². The molecule has 0 aliphatic carbocycles. The highest BCUT2D eigenvalue weighted by Gasteiger charge is 1.88. The van der Waals surface area contributed by atoms with Crippen LogP contribution in [0.4, 0.5) is 0 Å². The molecule has 0 aliphatic rings. The molecule has 0 saturated heterocycles. The van der Waals surface area contributed by atoms with Crippen molar-refractivity contribution in [2.75, 3.05) is 0 Å². The third-order valence-corrected chi connectivity index (χ3v) is 1.82. The molecular formula is C12H16N2. The standard InChI is InChI=1S/C12H16N2/c1-2-3-8-13-9-4-6-12-7-5-10-14-11-12/h3,5,7-11H,2,4,6H2,1H3/b8-3-,13-9?. The summed E-state index contributed by atoms with van der Waals surface area (Å²) in [7, 11) is 0. The largest absolute Gasteiger partial charge is 0.269 e. The van der Waals surface area contributed by atoms with Gasteiger partial charge in [0.05, 0.1) is 0 Å². The number of nitrogens with zero attached hydrogens (tertiary/aromatic N) is 2. The summed E-state index contributed by atoms with van der Waals surface area (Å²) in [4.78, 5) is 8.20. The van der Waals surface area contributed by atoms with Crippen LogP contribution in [0, 0.1) is 0 Å². The fraction of sp³-hybridized carbons (Fsp3) is 0.333. The predicted octanol–water partition coefficient (Wildman–Crippen LogP) is 3.01. The molecule has 0 bridgehead atoms. The van der Waals surface area contributed by atoms with Gasteiger partial charge in [0.1, 0.15) is 0 Å². The molecule has 2 nitrogen and oxygen atoms in total. The minimum absolute atomic E-state index is 0.972. The van der Waals surface area contributed by atoms with Gasteiger partial charge in [0, 0.05) is 24.8 Å². The van der Waals surface area contributed by atoms with Crippen LogP contribution < -0.4 is 0 Å². The first-order valence-corrected chi connectivity index (χ1v) is 4.99. The normalized spacial score (nSPS) is 11.5. The molecule has 14 heavy (non-hydrogen) atoms. The Labute approximate surface area is 85.4 Å². The second-order valence-electron chi connectivity index (χ2n) is 3.02. The van der Waals surface area contributed by atoms with E-state index < -0.39 is 0 Å². The zero-order valence-corrected chi connectivity index (χ0v) is 8.56. The van der Waals surface area contributed by atoms with Crippen molar-refractivity contribution >= 4 is 6.21 Å². The number of aryl methyl sites for hydroxylation is 1. The van der Waals surface area contributed by atoms with Crippen molar-refractivity contribution in [2.45, 2.75) is 26.2 Å². The summed E-state index contributed by atoms with van der Waals surface area (Å²) < 4.78 is 0. The molecule has 1 heterocycles. The first kappa shape index (κ1) is 10.6. The molecule has 1 rings (SSSR count). The van der Waals surface area contributed by atoms with Gasteiger partial charge in [-0.05, 0) is 30.9 Å². The molecule has 0 radical (unpaired) electrons. The van der Waals surface area contributed by atoms with Gasteiger partial charge < -0.3 is 0 Å². The van der Waals surface area contributed by atoms with Gasteiger partial charge in [-0.3, -0.25) is 9.98 Å². The molecule has 1 aromatic heterocycles. The molecule has 0 aromatic carbocycles. The fourth-order valence-electron chi connectivity index (χ4n) is 1.08. The number of aromatic nitrogens is 1. The summed E-state index contributed by atoms with van der Waals surface area (Å²) in [6, 6.07) is 4.05. The van der Waals surface area contributed by atoms with Crippen molar-refractivity contribution in [1.29, 1.82) is 0 Å². The van der Waals surface area contributed by atoms with Crippen molar-refractivity contribution in [1.82, 2.24) is 4.98 Å². The Morgan fingerprint density at radius 2 is 2.43 bits per heavy atom. The van der Waals surface area contributed by atoms with E-state index in [1.165, 1.54) is 5.56 Å². The summed E-state index contributed by atoms with van der Waals surface area (Å²) in [5.41, 5.74) is 1.26. The number of pyridine rings is 1. The van der Waals surface area contributed by atoms with Gasteiger partial charge in [0.2, 0.25) is 0 Å². The van der Waals surface area contributed by atoms with Gasteiger partial charge in [-0.25, -0.2) is 0 Å². The topological polar surface area (TPSA) is 25.2 Å². The lowest BCUT2D eigenvalue weighted by molar-refractivity contribution is 1.03. The molecule has 0 amide bonds. The van der Waals surface area contributed by atoms with Crippen LogP contribution in [0.3, 0.4) is 0 Å². The highest BCUT2D eigenvalue weighted by Crippen LogP contribution is 1.98. The second-order valence-corrected chi connectivity index (χ2v) is 3.02. The lowest BCUT2D eigenvalue weighted by Crippen LogP contribution is -1.86. The minimum atomic E-state index is 0.972. The quantitative estimate of drug-likeness (QED) is 0.652. The molecule has 2 heteroatoms. The third kappa shape index (κ3) is 4.55. The number of rotatable bonds is 5. The van der Waals surface area contributed by atoms with Crippen molar-refractivity contribution in [3.8, 4) is 0 Å². The van der Waals surface area contributed by atoms with E-state index in [0.717, 1.165) is 19.3 Å². The third-order valence-electron chi connectivity index (χ3n) is 1.82. The van der Waals surface area contributed by atoms with Gasteiger partial charge in [0.15, 0.2) is 0 Å². The lowest BCUT2D eigenvalue weighted by Gasteiger charge is -1.94. The molecule has 1 aromatic rings. The minimum Gasteiger partial charge on any atom is -0.269 e. The van der Waals surface area contributed by atoms with Crippen LogP contribution in [0.25, 0.3) is 0 Å². The van der Waals surface area contributed by atoms with Crippen LogP contribution in [-0.2, 0) is 6.42 Å². The second kappa shape index (κ2) is 7.01. The Morgan fingerprint density at radius 3 is 3.14 bits per heavy atom. The first-order valence-electron chi connectivity index (χ1n) is 4.99. The van der Waals surface area contributed by atoms with Crippen LogP contribution >= 0.6 is 0 Å². The van der Waals surface area contributed by atoms with E-state index >= 15 is 0 Å². The smallest absolute Gasteiger partial charge is 0.0299 e. The van der Waals surface area contributed by atoms with E-state index in [1.54, 1.807) is 6.20 Å². The SMILES string of the molecule is CC/C=C\N=CCCc1cccnc1. The van der Waals surface area contributed by atoms with Crippen molar-refractivity contribution in [3.63, 3.8) is 0 Å². The summed E-state index contributed by atoms with van der Waals surface area (Å²) in [5.74, 6) is 0. The van der Waals surface area contributed by atoms with Crippen LogP contribution in [0.5, 0.6) is 0 Å². The zero-order chi connectivity index (χ0) is 10.1. The van der Waals surface area contributed by atoms with Gasteiger partial charge in [-0.1, -0.05) is 19.1 Å². The molecule has 0 unspecified atom stereocenters. The number of hydrogen-bond donors (Lipinski definition) is 0. The molecule has 0 aliphatic heterocycles.